The standard InChI is InChI=1S/C18H18FN5O3/c1-11-9-16(22-23(11)10-13-5-3-4-6-14(13)19)21-17(25)12(2)24-15(18(26)27)7-8-20-24/h3-9,12H,10H2,1-2H3,(H,26,27)(H,21,22,25). The van der Waals surface area contributed by atoms with E-state index >= 15 is 0 Å². The summed E-state index contributed by atoms with van der Waals surface area (Å²) in [6.07, 6.45) is 1.32. The highest BCUT2D eigenvalue weighted by atomic mass is 19.1. The molecule has 1 amide bonds. The number of aryl methyl sites for hydroxylation is 1. The molecule has 0 spiro atoms. The summed E-state index contributed by atoms with van der Waals surface area (Å²) in [6.45, 7) is 3.56. The van der Waals surface area contributed by atoms with E-state index < -0.39 is 17.9 Å². The third kappa shape index (κ3) is 3.86. The summed E-state index contributed by atoms with van der Waals surface area (Å²) < 4.78 is 16.5. The van der Waals surface area contributed by atoms with Gasteiger partial charge in [-0.3, -0.25) is 9.48 Å². The van der Waals surface area contributed by atoms with Gasteiger partial charge in [-0.1, -0.05) is 18.2 Å². The number of amides is 1. The molecule has 0 fully saturated rings. The number of hydrogen-bond donors (Lipinski definition) is 2. The number of benzene rings is 1. The number of carbonyl (C=O) groups excluding carboxylic acids is 1. The van der Waals surface area contributed by atoms with Gasteiger partial charge < -0.3 is 10.4 Å². The van der Waals surface area contributed by atoms with Gasteiger partial charge in [0.2, 0.25) is 5.91 Å². The van der Waals surface area contributed by atoms with E-state index in [0.717, 1.165) is 10.4 Å². The number of carbonyl (C=O) groups is 2. The van der Waals surface area contributed by atoms with Crippen LogP contribution in [0.1, 0.15) is 34.7 Å². The zero-order valence-electron chi connectivity index (χ0n) is 14.8. The molecule has 1 aromatic carbocycles. The van der Waals surface area contributed by atoms with E-state index in [1.54, 1.807) is 35.9 Å². The summed E-state index contributed by atoms with van der Waals surface area (Å²) >= 11 is 0. The predicted molar refractivity (Wildman–Crippen MR) is 95.0 cm³/mol. The van der Waals surface area contributed by atoms with E-state index in [9.17, 15) is 14.0 Å². The minimum Gasteiger partial charge on any atom is -0.477 e. The van der Waals surface area contributed by atoms with E-state index in [1.165, 1.54) is 25.3 Å². The van der Waals surface area contributed by atoms with Crippen molar-refractivity contribution in [3.8, 4) is 0 Å². The van der Waals surface area contributed by atoms with Gasteiger partial charge in [-0.25, -0.2) is 13.9 Å². The smallest absolute Gasteiger partial charge is 0.354 e. The van der Waals surface area contributed by atoms with Crippen LogP contribution in [0.3, 0.4) is 0 Å². The van der Waals surface area contributed by atoms with Crippen molar-refractivity contribution in [3.63, 3.8) is 0 Å². The van der Waals surface area contributed by atoms with Crippen LogP contribution in [-0.4, -0.2) is 36.5 Å². The lowest BCUT2D eigenvalue weighted by Crippen LogP contribution is -2.27. The quantitative estimate of drug-likeness (QED) is 0.693. The van der Waals surface area contributed by atoms with Crippen LogP contribution >= 0.6 is 0 Å². The number of halogens is 1. The molecule has 0 radical (unpaired) electrons. The zero-order chi connectivity index (χ0) is 19.6. The largest absolute Gasteiger partial charge is 0.477 e. The molecule has 0 aliphatic carbocycles. The third-order valence-corrected chi connectivity index (χ3v) is 4.15. The van der Waals surface area contributed by atoms with Crippen LogP contribution in [-0.2, 0) is 11.3 Å². The minimum absolute atomic E-state index is 0.0843. The van der Waals surface area contributed by atoms with Gasteiger partial charge in [0, 0.05) is 23.5 Å². The summed E-state index contributed by atoms with van der Waals surface area (Å²) in [7, 11) is 0. The van der Waals surface area contributed by atoms with Crippen LogP contribution in [0, 0.1) is 12.7 Å². The Hall–Kier alpha value is -3.49. The van der Waals surface area contributed by atoms with Gasteiger partial charge in [-0.05, 0) is 26.0 Å². The van der Waals surface area contributed by atoms with E-state index in [2.05, 4.69) is 15.5 Å². The van der Waals surface area contributed by atoms with Crippen molar-refractivity contribution >= 4 is 17.7 Å². The maximum Gasteiger partial charge on any atom is 0.354 e. The number of carboxylic acids is 1. The molecule has 9 heteroatoms. The van der Waals surface area contributed by atoms with Gasteiger partial charge in [0.1, 0.15) is 17.6 Å². The Bertz CT molecular complexity index is 995. The Labute approximate surface area is 154 Å². The lowest BCUT2D eigenvalue weighted by atomic mass is 10.2. The van der Waals surface area contributed by atoms with Gasteiger partial charge in [0.25, 0.3) is 0 Å². The fourth-order valence-electron chi connectivity index (χ4n) is 2.65. The van der Waals surface area contributed by atoms with Crippen molar-refractivity contribution in [2.75, 3.05) is 5.32 Å². The Morgan fingerprint density at radius 3 is 2.74 bits per heavy atom. The molecule has 0 bridgehead atoms. The predicted octanol–water partition coefficient (Wildman–Crippen LogP) is 2.47. The van der Waals surface area contributed by atoms with Crippen LogP contribution in [0.5, 0.6) is 0 Å². The van der Waals surface area contributed by atoms with E-state index in [-0.39, 0.29) is 18.1 Å². The maximum atomic E-state index is 13.8. The first kappa shape index (κ1) is 18.3. The number of aromatic nitrogens is 4. The molecule has 0 aliphatic heterocycles. The maximum absolute atomic E-state index is 13.8. The van der Waals surface area contributed by atoms with Crippen LogP contribution in [0.25, 0.3) is 0 Å². The zero-order valence-corrected chi connectivity index (χ0v) is 14.8. The number of carboxylic acid groups (broad SMARTS) is 1. The van der Waals surface area contributed by atoms with E-state index in [1.807, 2.05) is 0 Å². The van der Waals surface area contributed by atoms with Crippen molar-refractivity contribution < 1.29 is 19.1 Å². The first-order chi connectivity index (χ1) is 12.9. The molecule has 140 valence electrons. The molecule has 0 saturated carbocycles. The summed E-state index contributed by atoms with van der Waals surface area (Å²) in [6, 6.07) is 8.54. The highest BCUT2D eigenvalue weighted by Gasteiger charge is 2.22. The van der Waals surface area contributed by atoms with Crippen molar-refractivity contribution in [2.45, 2.75) is 26.4 Å². The van der Waals surface area contributed by atoms with Crippen LogP contribution < -0.4 is 5.32 Å². The normalized spacial score (nSPS) is 12.0. The lowest BCUT2D eigenvalue weighted by molar-refractivity contribution is -0.119. The molecular weight excluding hydrogens is 353 g/mol. The van der Waals surface area contributed by atoms with E-state index in [4.69, 9.17) is 5.11 Å². The fraction of sp³-hybridized carbons (Fsp3) is 0.222. The molecule has 1 unspecified atom stereocenters. The highest BCUT2D eigenvalue weighted by molar-refractivity contribution is 5.93. The number of hydrogen-bond acceptors (Lipinski definition) is 4. The molecule has 27 heavy (non-hydrogen) atoms. The molecule has 2 aromatic heterocycles. The Morgan fingerprint density at radius 1 is 1.30 bits per heavy atom. The molecule has 2 heterocycles. The first-order valence-corrected chi connectivity index (χ1v) is 8.22. The number of nitrogens with one attached hydrogen (secondary N) is 1. The highest BCUT2D eigenvalue weighted by Crippen LogP contribution is 2.16. The van der Waals surface area contributed by atoms with Gasteiger partial charge in [-0.2, -0.15) is 10.2 Å². The second-order valence-corrected chi connectivity index (χ2v) is 6.05. The number of rotatable bonds is 6. The second-order valence-electron chi connectivity index (χ2n) is 6.05. The van der Waals surface area contributed by atoms with Crippen molar-refractivity contribution in [2.24, 2.45) is 0 Å². The van der Waals surface area contributed by atoms with Gasteiger partial charge in [0.15, 0.2) is 5.82 Å². The van der Waals surface area contributed by atoms with Crippen LogP contribution in [0.4, 0.5) is 10.2 Å². The van der Waals surface area contributed by atoms with Crippen molar-refractivity contribution in [1.82, 2.24) is 19.6 Å². The number of anilines is 1. The first-order valence-electron chi connectivity index (χ1n) is 8.22. The molecule has 0 saturated heterocycles. The Kier molecular flexibility index (Phi) is 5.02. The average molecular weight is 371 g/mol. The lowest BCUT2D eigenvalue weighted by Gasteiger charge is -2.13. The summed E-state index contributed by atoms with van der Waals surface area (Å²) in [5.74, 6) is -1.66. The van der Waals surface area contributed by atoms with E-state index in [0.29, 0.717) is 11.4 Å². The second kappa shape index (κ2) is 7.40. The summed E-state index contributed by atoms with van der Waals surface area (Å²) in [5.41, 5.74) is 1.14. The SMILES string of the molecule is Cc1cc(NC(=O)C(C)n2nccc2C(=O)O)nn1Cc1ccccc1F. The molecule has 0 aliphatic rings. The average Bonchev–Trinajstić information content (AvgIpc) is 3.23. The van der Waals surface area contributed by atoms with Crippen LogP contribution in [0.2, 0.25) is 0 Å². The minimum atomic E-state index is -1.17. The number of nitrogens with zero attached hydrogens (tertiary/aromatic N) is 4. The topological polar surface area (TPSA) is 102 Å². The molecular formula is C18H18FN5O3. The molecule has 1 atom stereocenters. The molecule has 3 aromatic rings. The van der Waals surface area contributed by atoms with Gasteiger partial charge >= 0.3 is 5.97 Å². The Morgan fingerprint density at radius 2 is 2.04 bits per heavy atom. The van der Waals surface area contributed by atoms with Crippen molar-refractivity contribution in [1.29, 1.82) is 0 Å². The summed E-state index contributed by atoms with van der Waals surface area (Å²) in [4.78, 5) is 23.6. The third-order valence-electron chi connectivity index (χ3n) is 4.15. The van der Waals surface area contributed by atoms with Gasteiger partial charge in [-0.15, -0.1) is 0 Å². The van der Waals surface area contributed by atoms with Gasteiger partial charge in [0.05, 0.1) is 6.54 Å². The molecule has 3 rings (SSSR count). The van der Waals surface area contributed by atoms with Crippen molar-refractivity contribution in [3.05, 3.63) is 65.4 Å². The molecule has 2 N–H and O–H groups in total. The molecule has 8 nitrogen and oxygen atoms in total. The number of aromatic carboxylic acids is 1. The monoisotopic (exact) mass is 371 g/mol. The Balaban J connectivity index is 1.74. The summed E-state index contributed by atoms with van der Waals surface area (Å²) in [5, 5.41) is 20.0. The fourth-order valence-corrected chi connectivity index (χ4v) is 2.65. The van der Waals surface area contributed by atoms with Crippen LogP contribution in [0.15, 0.2) is 42.6 Å².